The second kappa shape index (κ2) is 14.6. The van der Waals surface area contributed by atoms with Crippen LogP contribution in [-0.4, -0.2) is 54.5 Å². The molecule has 0 radical (unpaired) electrons. The van der Waals surface area contributed by atoms with Gasteiger partial charge >= 0.3 is 23.9 Å². The summed E-state index contributed by atoms with van der Waals surface area (Å²) in [5.41, 5.74) is 7.63. The average Bonchev–Trinajstić information content (AvgIpc) is 2.89. The molecule has 1 atom stereocenters. The topological polar surface area (TPSA) is 175 Å². The Bertz CT molecular complexity index is 1370. The minimum absolute atomic E-state index is 0.0359. The molecule has 3 rings (SSSR count). The van der Waals surface area contributed by atoms with Crippen LogP contribution in [0.3, 0.4) is 0 Å². The van der Waals surface area contributed by atoms with E-state index in [0.29, 0.717) is 11.1 Å². The van der Waals surface area contributed by atoms with Crippen molar-refractivity contribution in [1.29, 1.82) is 0 Å². The molecule has 6 N–H and O–H groups in total. The van der Waals surface area contributed by atoms with Crippen LogP contribution >= 0.6 is 0 Å². The Morgan fingerprint density at radius 2 is 1.55 bits per heavy atom. The Morgan fingerprint density at radius 3 is 1.95 bits per heavy atom. The van der Waals surface area contributed by atoms with E-state index in [4.69, 9.17) is 15.9 Å². The third-order valence-corrected chi connectivity index (χ3v) is 7.48. The molecule has 0 fully saturated rings. The number of aliphatic carboxylic acids is 2. The fourth-order valence-electron chi connectivity index (χ4n) is 3.69. The van der Waals surface area contributed by atoms with E-state index in [0.717, 1.165) is 0 Å². The molecule has 0 spiro atoms. The molecule has 1 aliphatic carbocycles. The fraction of sp³-hybridized carbons (Fsp3) is 0.267. The Kier molecular flexibility index (Phi) is 12.3. The van der Waals surface area contributed by atoms with Crippen LogP contribution in [0.15, 0.2) is 71.0 Å². The number of nitrogens with two attached hydrogens (primary N) is 1. The zero-order valence-corrected chi connectivity index (χ0v) is 25.6. The fourth-order valence-corrected chi connectivity index (χ4v) is 4.05. The standard InChI is InChI=1S/C15H13NO4.C9H10O4.C6H14Si/c1-8-10(14(17)18)7-11(9-5-3-2-4-6-9)13(16)12(8)15(19)20;1-9(8(12)13)4-2-3-6(5-9)7(10)11;1-4-5(2)6(3)7/h2-7H,16H2,1H3,(H,17,18)(H,19,20);2-4H,5H2,1H3,(H,10,11)(H,12,13);4H2,1-3,7H3. The van der Waals surface area contributed by atoms with Gasteiger partial charge in [-0.1, -0.05) is 66.3 Å². The lowest BCUT2D eigenvalue weighted by atomic mass is 9.80. The summed E-state index contributed by atoms with van der Waals surface area (Å²) >= 11 is 0. The van der Waals surface area contributed by atoms with Crippen LogP contribution in [0.25, 0.3) is 11.1 Å². The molecule has 9 nitrogen and oxygen atoms in total. The van der Waals surface area contributed by atoms with Gasteiger partial charge in [-0.15, -0.1) is 0 Å². The van der Waals surface area contributed by atoms with E-state index >= 15 is 0 Å². The maximum absolute atomic E-state index is 11.3. The van der Waals surface area contributed by atoms with Crippen molar-refractivity contribution in [1.82, 2.24) is 0 Å². The second-order valence-electron chi connectivity index (χ2n) is 9.75. The van der Waals surface area contributed by atoms with Crippen molar-refractivity contribution in [3.8, 4) is 11.1 Å². The van der Waals surface area contributed by atoms with Crippen LogP contribution in [0, 0.1) is 12.3 Å². The number of carboxylic acids is 4. The van der Waals surface area contributed by atoms with Crippen molar-refractivity contribution in [2.24, 2.45) is 5.41 Å². The van der Waals surface area contributed by atoms with E-state index in [-0.39, 0.29) is 34.4 Å². The number of anilines is 1. The predicted molar refractivity (Wildman–Crippen MR) is 159 cm³/mol. The Balaban J connectivity index is 0.000000343. The summed E-state index contributed by atoms with van der Waals surface area (Å²) in [4.78, 5) is 43.9. The normalized spacial score (nSPS) is 16.3. The molecule has 0 bridgehead atoms. The molecule has 0 amide bonds. The molecular weight excluding hydrogens is 530 g/mol. The minimum Gasteiger partial charge on any atom is -0.481 e. The molecule has 214 valence electrons. The molecule has 2 aromatic rings. The van der Waals surface area contributed by atoms with Crippen LogP contribution in [0.5, 0.6) is 0 Å². The van der Waals surface area contributed by atoms with Gasteiger partial charge < -0.3 is 26.2 Å². The zero-order valence-electron chi connectivity index (χ0n) is 23.6. The highest BCUT2D eigenvalue weighted by atomic mass is 28.1. The van der Waals surface area contributed by atoms with Gasteiger partial charge in [0.1, 0.15) is 0 Å². The van der Waals surface area contributed by atoms with Gasteiger partial charge in [-0.25, -0.2) is 14.4 Å². The van der Waals surface area contributed by atoms with E-state index in [1.807, 2.05) is 6.07 Å². The molecule has 1 aliphatic rings. The number of hydrogen-bond acceptors (Lipinski definition) is 5. The zero-order chi connectivity index (χ0) is 30.8. The van der Waals surface area contributed by atoms with Gasteiger partial charge in [-0.2, -0.15) is 0 Å². The molecule has 0 aromatic heterocycles. The second-order valence-corrected chi connectivity index (χ2v) is 11.3. The van der Waals surface area contributed by atoms with Crippen LogP contribution in [0.2, 0.25) is 0 Å². The number of nitrogen functional groups attached to an aromatic ring is 1. The summed E-state index contributed by atoms with van der Waals surface area (Å²) in [6, 6.07) is 10.3. The lowest BCUT2D eigenvalue weighted by Gasteiger charge is -2.23. The maximum Gasteiger partial charge on any atom is 0.338 e. The summed E-state index contributed by atoms with van der Waals surface area (Å²) in [7, 11) is 1.24. The number of carboxylic acid groups (broad SMARTS) is 4. The lowest BCUT2D eigenvalue weighted by molar-refractivity contribution is -0.145. The molecule has 1 unspecified atom stereocenters. The van der Waals surface area contributed by atoms with Gasteiger partial charge in [0.15, 0.2) is 0 Å². The minimum atomic E-state index is -1.24. The maximum atomic E-state index is 11.3. The van der Waals surface area contributed by atoms with Crippen molar-refractivity contribution in [2.75, 3.05) is 5.73 Å². The van der Waals surface area contributed by atoms with Gasteiger partial charge in [0.05, 0.1) is 22.2 Å². The number of benzene rings is 2. The number of aromatic carboxylic acids is 2. The smallest absolute Gasteiger partial charge is 0.338 e. The monoisotopic (exact) mass is 567 g/mol. The highest BCUT2D eigenvalue weighted by Crippen LogP contribution is 2.33. The van der Waals surface area contributed by atoms with E-state index in [2.05, 4.69) is 20.8 Å². The molecule has 0 aliphatic heterocycles. The van der Waals surface area contributed by atoms with E-state index in [1.165, 1.54) is 54.8 Å². The Morgan fingerprint density at radius 1 is 0.975 bits per heavy atom. The van der Waals surface area contributed by atoms with E-state index in [1.54, 1.807) is 35.0 Å². The Labute approximate surface area is 236 Å². The summed E-state index contributed by atoms with van der Waals surface area (Å²) in [6.45, 7) is 9.57. The predicted octanol–water partition coefficient (Wildman–Crippen LogP) is 4.74. The summed E-state index contributed by atoms with van der Waals surface area (Å²) in [5.74, 6) is -4.48. The van der Waals surface area contributed by atoms with Gasteiger partial charge in [0.25, 0.3) is 0 Å². The van der Waals surface area contributed by atoms with Crippen LogP contribution < -0.4 is 5.73 Å². The van der Waals surface area contributed by atoms with Crippen LogP contribution in [0.4, 0.5) is 5.69 Å². The third kappa shape index (κ3) is 8.81. The molecule has 0 heterocycles. The number of allylic oxidation sites excluding steroid dienone is 4. The number of hydrogen-bond donors (Lipinski definition) is 5. The molecule has 0 saturated carbocycles. The van der Waals surface area contributed by atoms with E-state index < -0.39 is 29.3 Å². The quantitative estimate of drug-likeness (QED) is 0.244. The third-order valence-electron chi connectivity index (χ3n) is 6.62. The van der Waals surface area contributed by atoms with Crippen molar-refractivity contribution >= 4 is 39.8 Å². The first kappa shape index (κ1) is 33.6. The summed E-state index contributed by atoms with van der Waals surface area (Å²) in [6.07, 6.45) is 5.67. The lowest BCUT2D eigenvalue weighted by Crippen LogP contribution is -2.28. The van der Waals surface area contributed by atoms with Crippen molar-refractivity contribution in [2.45, 2.75) is 47.5 Å². The Hall–Kier alpha value is -4.44. The first-order chi connectivity index (χ1) is 18.6. The highest BCUT2D eigenvalue weighted by Gasteiger charge is 2.34. The van der Waals surface area contributed by atoms with Gasteiger partial charge in [0.2, 0.25) is 0 Å². The summed E-state index contributed by atoms with van der Waals surface area (Å²) < 4.78 is 0. The summed E-state index contributed by atoms with van der Waals surface area (Å²) in [5, 5.41) is 37.5. The highest BCUT2D eigenvalue weighted by molar-refractivity contribution is 6.21. The average molecular weight is 568 g/mol. The molecule has 0 saturated heterocycles. The van der Waals surface area contributed by atoms with Crippen molar-refractivity contribution < 1.29 is 39.6 Å². The van der Waals surface area contributed by atoms with Crippen molar-refractivity contribution in [3.63, 3.8) is 0 Å². The molecule has 40 heavy (non-hydrogen) atoms. The molecular formula is C30H37NO8Si. The van der Waals surface area contributed by atoms with Gasteiger partial charge in [-0.05, 0) is 57.7 Å². The van der Waals surface area contributed by atoms with Crippen LogP contribution in [0.1, 0.15) is 66.8 Å². The first-order valence-electron chi connectivity index (χ1n) is 12.5. The number of carbonyl (C=O) groups is 4. The SMILES string of the molecule is CC1(C(=O)O)C=CC=C(C(=O)O)C1.CCC(C)=C(C)[SiH3].Cc1c(C(=O)O)cc(-c2ccccc2)c(N)c1C(=O)O. The molecule has 10 heteroatoms. The van der Waals surface area contributed by atoms with Gasteiger partial charge in [-0.3, -0.25) is 4.79 Å². The van der Waals surface area contributed by atoms with Crippen LogP contribution in [-0.2, 0) is 9.59 Å². The molecule has 2 aromatic carbocycles. The van der Waals surface area contributed by atoms with Gasteiger partial charge in [0, 0.05) is 21.4 Å². The first-order valence-corrected chi connectivity index (χ1v) is 13.5. The van der Waals surface area contributed by atoms with Crippen molar-refractivity contribution in [3.05, 3.63) is 87.7 Å². The van der Waals surface area contributed by atoms with E-state index in [9.17, 15) is 29.4 Å². The largest absolute Gasteiger partial charge is 0.481 e. The number of rotatable bonds is 6.